The highest BCUT2D eigenvalue weighted by molar-refractivity contribution is 7.16. The number of pyridine rings is 1. The summed E-state index contributed by atoms with van der Waals surface area (Å²) in [4.78, 5) is 4.95. The van der Waals surface area contributed by atoms with E-state index in [-0.39, 0.29) is 6.04 Å². The van der Waals surface area contributed by atoms with Gasteiger partial charge in [0.25, 0.3) is 0 Å². The van der Waals surface area contributed by atoms with Crippen LogP contribution in [-0.2, 0) is 0 Å². The van der Waals surface area contributed by atoms with Gasteiger partial charge in [0.1, 0.15) is 0 Å². The molecule has 0 aliphatic rings. The van der Waals surface area contributed by atoms with Gasteiger partial charge in [-0.3, -0.25) is 10.8 Å². The first-order chi connectivity index (χ1) is 7.72. The van der Waals surface area contributed by atoms with Crippen LogP contribution in [0.2, 0.25) is 9.36 Å². The molecule has 0 saturated carbocycles. The molecule has 2 rings (SSSR count). The summed E-state index contributed by atoms with van der Waals surface area (Å²) in [5.41, 5.74) is 3.62. The standard InChI is InChI=1S/C10H9Cl2N3S/c11-7-5-14-4-3-6(7)10(15-13)8-1-2-9(12)16-8/h1-5,10,15H,13H2. The van der Waals surface area contributed by atoms with Crippen molar-refractivity contribution in [1.82, 2.24) is 10.4 Å². The highest BCUT2D eigenvalue weighted by atomic mass is 35.5. The average Bonchev–Trinajstić information content (AvgIpc) is 2.69. The van der Waals surface area contributed by atoms with Gasteiger partial charge in [-0.1, -0.05) is 23.2 Å². The lowest BCUT2D eigenvalue weighted by molar-refractivity contribution is 0.646. The molecule has 0 aromatic carbocycles. The minimum absolute atomic E-state index is 0.159. The maximum absolute atomic E-state index is 6.07. The summed E-state index contributed by atoms with van der Waals surface area (Å²) >= 11 is 13.4. The Kier molecular flexibility index (Phi) is 3.78. The zero-order valence-corrected chi connectivity index (χ0v) is 10.5. The summed E-state index contributed by atoms with van der Waals surface area (Å²) in [5.74, 6) is 5.55. The molecule has 1 unspecified atom stereocenters. The number of nitrogens with zero attached hydrogens (tertiary/aromatic N) is 1. The molecule has 2 heterocycles. The lowest BCUT2D eigenvalue weighted by atomic mass is 10.1. The van der Waals surface area contributed by atoms with Gasteiger partial charge in [-0.05, 0) is 23.8 Å². The molecule has 3 nitrogen and oxygen atoms in total. The van der Waals surface area contributed by atoms with Gasteiger partial charge < -0.3 is 0 Å². The maximum atomic E-state index is 6.07. The van der Waals surface area contributed by atoms with Gasteiger partial charge >= 0.3 is 0 Å². The molecule has 3 N–H and O–H groups in total. The van der Waals surface area contributed by atoms with Crippen LogP contribution in [0, 0.1) is 0 Å². The first-order valence-electron chi connectivity index (χ1n) is 4.53. The fraction of sp³-hybridized carbons (Fsp3) is 0.100. The van der Waals surface area contributed by atoms with E-state index < -0.39 is 0 Å². The number of halogens is 2. The molecule has 2 aromatic heterocycles. The summed E-state index contributed by atoms with van der Waals surface area (Å²) < 4.78 is 0.723. The lowest BCUT2D eigenvalue weighted by Crippen LogP contribution is -2.28. The molecule has 84 valence electrons. The highest BCUT2D eigenvalue weighted by Gasteiger charge is 2.17. The van der Waals surface area contributed by atoms with Gasteiger partial charge in [0.05, 0.1) is 15.4 Å². The molecule has 0 saturated heterocycles. The first-order valence-corrected chi connectivity index (χ1v) is 6.10. The molecule has 1 atom stereocenters. The van der Waals surface area contributed by atoms with Crippen molar-refractivity contribution in [3.05, 3.63) is 50.4 Å². The SMILES string of the molecule is NNC(c1ccc(Cl)s1)c1ccncc1Cl. The monoisotopic (exact) mass is 273 g/mol. The third-order valence-corrected chi connectivity index (χ3v) is 3.77. The second-order valence-corrected chi connectivity index (χ2v) is 5.29. The Morgan fingerprint density at radius 3 is 2.69 bits per heavy atom. The Morgan fingerprint density at radius 2 is 2.12 bits per heavy atom. The van der Waals surface area contributed by atoms with Gasteiger partial charge in [0.2, 0.25) is 0 Å². The third kappa shape index (κ3) is 2.36. The number of nitrogens with one attached hydrogen (secondary N) is 1. The van der Waals surface area contributed by atoms with Gasteiger partial charge in [-0.25, -0.2) is 5.43 Å². The smallest absolute Gasteiger partial charge is 0.0931 e. The van der Waals surface area contributed by atoms with Crippen molar-refractivity contribution in [3.63, 3.8) is 0 Å². The number of hydrogen-bond acceptors (Lipinski definition) is 4. The van der Waals surface area contributed by atoms with E-state index >= 15 is 0 Å². The zero-order chi connectivity index (χ0) is 11.5. The second kappa shape index (κ2) is 5.12. The Hall–Kier alpha value is -0.650. The minimum atomic E-state index is -0.159. The Labute approximate surface area is 107 Å². The molecule has 0 bridgehead atoms. The zero-order valence-electron chi connectivity index (χ0n) is 8.15. The van der Waals surface area contributed by atoms with Crippen LogP contribution in [0.25, 0.3) is 0 Å². The van der Waals surface area contributed by atoms with Crippen LogP contribution in [0.1, 0.15) is 16.5 Å². The summed E-state index contributed by atoms with van der Waals surface area (Å²) in [7, 11) is 0. The maximum Gasteiger partial charge on any atom is 0.0931 e. The van der Waals surface area contributed by atoms with Crippen molar-refractivity contribution < 1.29 is 0 Å². The predicted molar refractivity (Wildman–Crippen MR) is 67.7 cm³/mol. The van der Waals surface area contributed by atoms with Crippen LogP contribution >= 0.6 is 34.5 Å². The van der Waals surface area contributed by atoms with Crippen LogP contribution in [0.3, 0.4) is 0 Å². The van der Waals surface area contributed by atoms with E-state index in [1.165, 1.54) is 11.3 Å². The average molecular weight is 274 g/mol. The molecule has 0 amide bonds. The molecule has 6 heteroatoms. The Bertz CT molecular complexity index is 486. The fourth-order valence-corrected chi connectivity index (χ4v) is 2.80. The second-order valence-electron chi connectivity index (χ2n) is 3.14. The Balaban J connectivity index is 2.40. The molecule has 2 aromatic rings. The molecule has 0 radical (unpaired) electrons. The van der Waals surface area contributed by atoms with Crippen molar-refractivity contribution in [3.8, 4) is 0 Å². The molecule has 16 heavy (non-hydrogen) atoms. The first kappa shape index (κ1) is 11.8. The third-order valence-electron chi connectivity index (χ3n) is 2.16. The number of thiophene rings is 1. The molecular weight excluding hydrogens is 265 g/mol. The molecule has 0 spiro atoms. The number of rotatable bonds is 3. The van der Waals surface area contributed by atoms with Gasteiger partial charge in [-0.2, -0.15) is 0 Å². The number of aromatic nitrogens is 1. The van der Waals surface area contributed by atoms with E-state index in [9.17, 15) is 0 Å². The van der Waals surface area contributed by atoms with Crippen LogP contribution in [-0.4, -0.2) is 4.98 Å². The summed E-state index contributed by atoms with van der Waals surface area (Å²) in [5, 5.41) is 0.579. The van der Waals surface area contributed by atoms with Crippen molar-refractivity contribution in [2.75, 3.05) is 0 Å². The van der Waals surface area contributed by atoms with E-state index in [1.807, 2.05) is 18.2 Å². The van der Waals surface area contributed by atoms with Crippen LogP contribution in [0.15, 0.2) is 30.6 Å². The summed E-state index contributed by atoms with van der Waals surface area (Å²) in [6.45, 7) is 0. The van der Waals surface area contributed by atoms with E-state index in [2.05, 4.69) is 10.4 Å². The summed E-state index contributed by atoms with van der Waals surface area (Å²) in [6, 6.07) is 5.43. The Morgan fingerprint density at radius 1 is 1.31 bits per heavy atom. The number of hydrogen-bond donors (Lipinski definition) is 2. The predicted octanol–water partition coefficient (Wildman–Crippen LogP) is 3.00. The molecule has 0 aliphatic carbocycles. The molecular formula is C10H9Cl2N3S. The highest BCUT2D eigenvalue weighted by Crippen LogP contribution is 2.33. The largest absolute Gasteiger partial charge is 0.271 e. The van der Waals surface area contributed by atoms with E-state index in [0.717, 1.165) is 14.8 Å². The van der Waals surface area contributed by atoms with Gasteiger partial charge in [0.15, 0.2) is 0 Å². The van der Waals surface area contributed by atoms with Crippen molar-refractivity contribution in [2.24, 2.45) is 5.84 Å². The minimum Gasteiger partial charge on any atom is -0.271 e. The van der Waals surface area contributed by atoms with Crippen LogP contribution < -0.4 is 11.3 Å². The van der Waals surface area contributed by atoms with Crippen molar-refractivity contribution >= 4 is 34.5 Å². The quantitative estimate of drug-likeness (QED) is 0.668. The van der Waals surface area contributed by atoms with Crippen molar-refractivity contribution in [2.45, 2.75) is 6.04 Å². The van der Waals surface area contributed by atoms with E-state index in [1.54, 1.807) is 12.4 Å². The molecule has 0 aliphatic heterocycles. The van der Waals surface area contributed by atoms with E-state index in [0.29, 0.717) is 5.02 Å². The van der Waals surface area contributed by atoms with Crippen molar-refractivity contribution in [1.29, 1.82) is 0 Å². The lowest BCUT2D eigenvalue weighted by Gasteiger charge is -2.15. The number of hydrazine groups is 1. The van der Waals surface area contributed by atoms with E-state index in [4.69, 9.17) is 29.0 Å². The topological polar surface area (TPSA) is 50.9 Å². The van der Waals surface area contributed by atoms with Gasteiger partial charge in [0, 0.05) is 17.3 Å². The van der Waals surface area contributed by atoms with Crippen LogP contribution in [0.4, 0.5) is 0 Å². The summed E-state index contributed by atoms with van der Waals surface area (Å²) in [6.07, 6.45) is 3.28. The molecule has 0 fully saturated rings. The van der Waals surface area contributed by atoms with Gasteiger partial charge in [-0.15, -0.1) is 11.3 Å². The normalized spacial score (nSPS) is 12.7. The fourth-order valence-electron chi connectivity index (χ4n) is 1.43. The van der Waals surface area contributed by atoms with Crippen LogP contribution in [0.5, 0.6) is 0 Å². The number of nitrogens with two attached hydrogens (primary N) is 1.